The molecule has 29 heavy (non-hydrogen) atoms. The van der Waals surface area contributed by atoms with Crippen LogP contribution in [0.25, 0.3) is 31.4 Å². The highest BCUT2D eigenvalue weighted by Crippen LogP contribution is 2.37. The van der Waals surface area contributed by atoms with E-state index in [1.807, 2.05) is 24.3 Å². The summed E-state index contributed by atoms with van der Waals surface area (Å²) in [7, 11) is 0. The van der Waals surface area contributed by atoms with Gasteiger partial charge in [0.1, 0.15) is 12.1 Å². The maximum absolute atomic E-state index is 12.3. The fraction of sp³-hybridized carbons (Fsp3) is 0.227. The van der Waals surface area contributed by atoms with Crippen LogP contribution in [-0.2, 0) is 0 Å². The number of fused-ring (bicyclic) bond motifs is 3. The predicted octanol–water partition coefficient (Wildman–Crippen LogP) is 5.16. The molecule has 0 saturated heterocycles. The van der Waals surface area contributed by atoms with E-state index < -0.39 is 0 Å². The van der Waals surface area contributed by atoms with Gasteiger partial charge in [0.25, 0.3) is 0 Å². The summed E-state index contributed by atoms with van der Waals surface area (Å²) in [6.07, 6.45) is 6.02. The number of urea groups is 1. The van der Waals surface area contributed by atoms with E-state index in [1.165, 1.54) is 19.2 Å². The number of rotatable bonds is 3. The topological polar surface area (TPSA) is 92.9 Å². The average molecular weight is 404 g/mol. The Kier molecular flexibility index (Phi) is 4.52. The summed E-state index contributed by atoms with van der Waals surface area (Å²) in [4.78, 5) is 20.8. The highest BCUT2D eigenvalue weighted by Gasteiger charge is 2.17. The lowest BCUT2D eigenvalue weighted by molar-refractivity contribution is 0.248. The van der Waals surface area contributed by atoms with Gasteiger partial charge in [-0.05, 0) is 42.2 Å². The maximum Gasteiger partial charge on any atom is 0.319 e. The monoisotopic (exact) mass is 403 g/mol. The number of carbonyl (C=O) groups is 1. The number of anilines is 2. The standard InChI is InChI=1S/C22H21N5OS/c23-21-20-19(24-12-25-21)17-9-8-14(11-18(17)29-20)13-4-3-7-16(10-13)27-22(28)26-15-5-1-2-6-15/h3-4,7-12,15H,1-2,5-6H2,(H2,23,24,25)(H2,26,27,28). The molecule has 4 N–H and O–H groups in total. The van der Waals surface area contributed by atoms with Gasteiger partial charge in [-0.3, -0.25) is 0 Å². The number of amides is 2. The molecule has 4 aromatic rings. The Bertz CT molecular complexity index is 1210. The van der Waals surface area contributed by atoms with Crippen molar-refractivity contribution < 1.29 is 4.79 Å². The van der Waals surface area contributed by atoms with Crippen LogP contribution in [0.2, 0.25) is 0 Å². The number of nitrogen functional groups attached to an aromatic ring is 1. The van der Waals surface area contributed by atoms with Gasteiger partial charge >= 0.3 is 6.03 Å². The summed E-state index contributed by atoms with van der Waals surface area (Å²) >= 11 is 1.60. The van der Waals surface area contributed by atoms with E-state index in [1.54, 1.807) is 11.3 Å². The van der Waals surface area contributed by atoms with E-state index in [0.29, 0.717) is 11.9 Å². The molecule has 6 nitrogen and oxygen atoms in total. The van der Waals surface area contributed by atoms with Gasteiger partial charge in [0.05, 0.1) is 10.2 Å². The molecule has 7 heteroatoms. The molecule has 0 spiro atoms. The maximum atomic E-state index is 12.3. The van der Waals surface area contributed by atoms with Crippen LogP contribution in [0.3, 0.4) is 0 Å². The fourth-order valence-corrected chi connectivity index (χ4v) is 5.07. The third-order valence-electron chi connectivity index (χ3n) is 5.42. The largest absolute Gasteiger partial charge is 0.382 e. The molecule has 146 valence electrons. The SMILES string of the molecule is Nc1ncnc2c1sc1cc(-c3cccc(NC(=O)NC4CCCC4)c3)ccc12. The molecular formula is C22H21N5OS. The Morgan fingerprint density at radius 2 is 1.90 bits per heavy atom. The quantitative estimate of drug-likeness (QED) is 0.441. The first-order chi connectivity index (χ1) is 14.2. The summed E-state index contributed by atoms with van der Waals surface area (Å²) < 4.78 is 2.03. The zero-order chi connectivity index (χ0) is 19.8. The van der Waals surface area contributed by atoms with Crippen molar-refractivity contribution in [2.45, 2.75) is 31.7 Å². The number of hydrogen-bond acceptors (Lipinski definition) is 5. The second-order valence-electron chi connectivity index (χ2n) is 7.41. The molecule has 0 bridgehead atoms. The van der Waals surface area contributed by atoms with Crippen molar-refractivity contribution in [1.82, 2.24) is 15.3 Å². The Morgan fingerprint density at radius 1 is 1.07 bits per heavy atom. The van der Waals surface area contributed by atoms with E-state index in [4.69, 9.17) is 5.73 Å². The second kappa shape index (κ2) is 7.33. The van der Waals surface area contributed by atoms with E-state index in [0.717, 1.165) is 50.0 Å². The zero-order valence-electron chi connectivity index (χ0n) is 15.8. The third-order valence-corrected chi connectivity index (χ3v) is 6.59. The van der Waals surface area contributed by atoms with Crippen LogP contribution in [0.4, 0.5) is 16.3 Å². The number of nitrogens with one attached hydrogen (secondary N) is 2. The minimum atomic E-state index is -0.136. The Balaban J connectivity index is 1.42. The van der Waals surface area contributed by atoms with Crippen molar-refractivity contribution in [3.05, 3.63) is 48.8 Å². The molecule has 1 aliphatic carbocycles. The van der Waals surface area contributed by atoms with Crippen LogP contribution in [0, 0.1) is 0 Å². The molecule has 0 aliphatic heterocycles. The fourth-order valence-electron chi connectivity index (χ4n) is 3.97. The van der Waals surface area contributed by atoms with Crippen molar-refractivity contribution in [3.8, 4) is 11.1 Å². The van der Waals surface area contributed by atoms with Crippen molar-refractivity contribution >= 4 is 49.2 Å². The van der Waals surface area contributed by atoms with Crippen LogP contribution in [0.5, 0.6) is 0 Å². The Morgan fingerprint density at radius 3 is 2.76 bits per heavy atom. The second-order valence-corrected chi connectivity index (χ2v) is 8.46. The summed E-state index contributed by atoms with van der Waals surface area (Å²) in [6.45, 7) is 0. The molecule has 2 heterocycles. The van der Waals surface area contributed by atoms with Gasteiger partial charge < -0.3 is 16.4 Å². The molecule has 2 aromatic carbocycles. The average Bonchev–Trinajstić information content (AvgIpc) is 3.36. The summed E-state index contributed by atoms with van der Waals surface area (Å²) in [5.41, 5.74) is 9.80. The molecule has 5 rings (SSSR count). The third kappa shape index (κ3) is 3.49. The lowest BCUT2D eigenvalue weighted by Gasteiger charge is -2.13. The summed E-state index contributed by atoms with van der Waals surface area (Å²) in [6, 6.07) is 14.4. The number of benzene rings is 2. The molecule has 0 unspecified atom stereocenters. The number of carbonyl (C=O) groups excluding carboxylic acids is 1. The molecule has 1 saturated carbocycles. The molecule has 2 amide bonds. The first-order valence-electron chi connectivity index (χ1n) is 9.78. The lowest BCUT2D eigenvalue weighted by Crippen LogP contribution is -2.36. The normalized spacial score (nSPS) is 14.5. The molecule has 0 radical (unpaired) electrons. The van der Waals surface area contributed by atoms with Crippen LogP contribution < -0.4 is 16.4 Å². The highest BCUT2D eigenvalue weighted by atomic mass is 32.1. The number of aromatic nitrogens is 2. The van der Waals surface area contributed by atoms with E-state index >= 15 is 0 Å². The number of nitrogens with zero attached hydrogens (tertiary/aromatic N) is 2. The first-order valence-corrected chi connectivity index (χ1v) is 10.6. The molecular weight excluding hydrogens is 382 g/mol. The van der Waals surface area contributed by atoms with Crippen LogP contribution in [0.1, 0.15) is 25.7 Å². The number of nitrogens with two attached hydrogens (primary N) is 1. The van der Waals surface area contributed by atoms with Crippen molar-refractivity contribution in [2.75, 3.05) is 11.1 Å². The number of thiophene rings is 1. The van der Waals surface area contributed by atoms with E-state index in [9.17, 15) is 4.79 Å². The molecule has 1 fully saturated rings. The minimum absolute atomic E-state index is 0.136. The Hall–Kier alpha value is -3.19. The Labute approximate surface area is 172 Å². The minimum Gasteiger partial charge on any atom is -0.382 e. The van der Waals surface area contributed by atoms with Crippen molar-refractivity contribution in [3.63, 3.8) is 0 Å². The van der Waals surface area contributed by atoms with Crippen molar-refractivity contribution in [2.24, 2.45) is 0 Å². The zero-order valence-corrected chi connectivity index (χ0v) is 16.6. The van der Waals surface area contributed by atoms with Crippen LogP contribution in [0.15, 0.2) is 48.8 Å². The lowest BCUT2D eigenvalue weighted by atomic mass is 10.0. The van der Waals surface area contributed by atoms with Crippen molar-refractivity contribution in [1.29, 1.82) is 0 Å². The molecule has 1 aliphatic rings. The van der Waals surface area contributed by atoms with Crippen LogP contribution in [-0.4, -0.2) is 22.0 Å². The molecule has 2 aromatic heterocycles. The van der Waals surface area contributed by atoms with Gasteiger partial charge in [-0.1, -0.05) is 37.1 Å². The number of hydrogen-bond donors (Lipinski definition) is 3. The first kappa shape index (κ1) is 17.9. The van der Waals surface area contributed by atoms with Gasteiger partial charge in [0.2, 0.25) is 0 Å². The smallest absolute Gasteiger partial charge is 0.319 e. The van der Waals surface area contributed by atoms with Gasteiger partial charge in [-0.25, -0.2) is 14.8 Å². The summed E-state index contributed by atoms with van der Waals surface area (Å²) in [5.74, 6) is 0.511. The van der Waals surface area contributed by atoms with Gasteiger partial charge in [-0.15, -0.1) is 11.3 Å². The van der Waals surface area contributed by atoms with E-state index in [-0.39, 0.29) is 6.03 Å². The van der Waals surface area contributed by atoms with Gasteiger partial charge in [-0.2, -0.15) is 0 Å². The van der Waals surface area contributed by atoms with Crippen LogP contribution >= 0.6 is 11.3 Å². The molecule has 0 atom stereocenters. The predicted molar refractivity (Wildman–Crippen MR) is 119 cm³/mol. The van der Waals surface area contributed by atoms with E-state index in [2.05, 4.69) is 38.8 Å². The van der Waals surface area contributed by atoms with Gasteiger partial charge in [0, 0.05) is 21.8 Å². The van der Waals surface area contributed by atoms with Gasteiger partial charge in [0.15, 0.2) is 0 Å². The highest BCUT2D eigenvalue weighted by molar-refractivity contribution is 7.26. The summed E-state index contributed by atoms with van der Waals surface area (Å²) in [5, 5.41) is 7.10.